The van der Waals surface area contributed by atoms with Gasteiger partial charge < -0.3 is 9.64 Å². The minimum atomic E-state index is 0.747. The number of thioether (sulfide) groups is 1. The maximum absolute atomic E-state index is 5.68. The molecule has 1 aliphatic heterocycles. The van der Waals surface area contributed by atoms with Crippen molar-refractivity contribution >= 4 is 11.8 Å². The summed E-state index contributed by atoms with van der Waals surface area (Å²) in [6.45, 7) is 5.32. The Morgan fingerprint density at radius 2 is 1.88 bits per heavy atom. The van der Waals surface area contributed by atoms with E-state index in [2.05, 4.69) is 40.9 Å². The quantitative estimate of drug-likeness (QED) is 0.721. The highest BCUT2D eigenvalue weighted by Crippen LogP contribution is 2.09. The van der Waals surface area contributed by atoms with Crippen molar-refractivity contribution in [3.05, 3.63) is 35.9 Å². The predicted molar refractivity (Wildman–Crippen MR) is 74.5 cm³/mol. The predicted octanol–water partition coefficient (Wildman–Crippen LogP) is 2.64. The Balaban J connectivity index is 1.51. The monoisotopic (exact) mass is 251 g/mol. The van der Waals surface area contributed by atoms with E-state index in [1.807, 2.05) is 6.07 Å². The molecule has 2 nitrogen and oxygen atoms in total. The van der Waals surface area contributed by atoms with Crippen LogP contribution in [-0.2, 0) is 11.3 Å². The normalized spacial score (nSPS) is 17.2. The van der Waals surface area contributed by atoms with Gasteiger partial charge in [0.15, 0.2) is 0 Å². The van der Waals surface area contributed by atoms with Crippen LogP contribution in [0.1, 0.15) is 12.0 Å². The molecule has 0 N–H and O–H groups in total. The van der Waals surface area contributed by atoms with Crippen LogP contribution in [0.15, 0.2) is 30.3 Å². The van der Waals surface area contributed by atoms with Crippen molar-refractivity contribution in [2.45, 2.75) is 13.0 Å². The van der Waals surface area contributed by atoms with Crippen LogP contribution in [0.2, 0.25) is 0 Å². The molecular formula is C14H21NOS. The lowest BCUT2D eigenvalue weighted by Gasteiger charge is -2.25. The number of rotatable bonds is 6. The van der Waals surface area contributed by atoms with Gasteiger partial charge in [0.25, 0.3) is 0 Å². The van der Waals surface area contributed by atoms with Crippen molar-refractivity contribution in [1.82, 2.24) is 4.90 Å². The van der Waals surface area contributed by atoms with Gasteiger partial charge in [-0.3, -0.25) is 0 Å². The summed E-state index contributed by atoms with van der Waals surface area (Å²) in [4.78, 5) is 2.54. The van der Waals surface area contributed by atoms with Gasteiger partial charge in [0, 0.05) is 37.7 Å². The van der Waals surface area contributed by atoms with E-state index in [1.54, 1.807) is 0 Å². The molecule has 0 bridgehead atoms. The van der Waals surface area contributed by atoms with E-state index in [9.17, 15) is 0 Å². The summed E-state index contributed by atoms with van der Waals surface area (Å²) in [6, 6.07) is 10.4. The molecule has 0 aromatic heterocycles. The lowest BCUT2D eigenvalue weighted by atomic mass is 10.2. The second-order valence-corrected chi connectivity index (χ2v) is 5.57. The number of nitrogens with zero attached hydrogens (tertiary/aromatic N) is 1. The summed E-state index contributed by atoms with van der Waals surface area (Å²) in [5.74, 6) is 2.59. The fourth-order valence-corrected chi connectivity index (χ4v) is 2.96. The van der Waals surface area contributed by atoms with E-state index >= 15 is 0 Å². The van der Waals surface area contributed by atoms with Crippen LogP contribution in [0, 0.1) is 0 Å². The SMILES string of the molecule is c1ccc(COCCCN2CCSCC2)cc1. The van der Waals surface area contributed by atoms with Crippen LogP contribution < -0.4 is 0 Å². The van der Waals surface area contributed by atoms with E-state index in [0.717, 1.165) is 19.6 Å². The second kappa shape index (κ2) is 7.75. The van der Waals surface area contributed by atoms with Crippen LogP contribution >= 0.6 is 11.8 Å². The molecule has 3 heteroatoms. The van der Waals surface area contributed by atoms with Crippen LogP contribution in [0.3, 0.4) is 0 Å². The maximum atomic E-state index is 5.68. The van der Waals surface area contributed by atoms with E-state index in [4.69, 9.17) is 4.74 Å². The molecule has 0 saturated carbocycles. The fraction of sp³-hybridized carbons (Fsp3) is 0.571. The number of hydrogen-bond donors (Lipinski definition) is 0. The van der Waals surface area contributed by atoms with Gasteiger partial charge in [-0.2, -0.15) is 11.8 Å². The molecule has 1 saturated heterocycles. The molecule has 0 amide bonds. The first-order valence-electron chi connectivity index (χ1n) is 6.37. The highest BCUT2D eigenvalue weighted by atomic mass is 32.2. The molecule has 1 aromatic carbocycles. The summed E-state index contributed by atoms with van der Waals surface area (Å²) in [5, 5.41) is 0. The van der Waals surface area contributed by atoms with E-state index < -0.39 is 0 Å². The van der Waals surface area contributed by atoms with Crippen molar-refractivity contribution < 1.29 is 4.74 Å². The van der Waals surface area contributed by atoms with Crippen LogP contribution in [-0.4, -0.2) is 42.6 Å². The first-order chi connectivity index (χ1) is 8.45. The lowest BCUT2D eigenvalue weighted by molar-refractivity contribution is 0.109. The first kappa shape index (κ1) is 12.9. The van der Waals surface area contributed by atoms with Crippen LogP contribution in [0.25, 0.3) is 0 Å². The summed E-state index contributed by atoms with van der Waals surface area (Å²) >= 11 is 2.07. The minimum Gasteiger partial charge on any atom is -0.377 e. The van der Waals surface area contributed by atoms with E-state index in [0.29, 0.717) is 0 Å². The summed E-state index contributed by atoms with van der Waals surface area (Å²) in [6.07, 6.45) is 1.15. The van der Waals surface area contributed by atoms with Gasteiger partial charge in [-0.25, -0.2) is 0 Å². The van der Waals surface area contributed by atoms with Crippen molar-refractivity contribution in [1.29, 1.82) is 0 Å². The Labute approximate surface area is 108 Å². The molecule has 1 heterocycles. The third-order valence-electron chi connectivity index (χ3n) is 2.98. The van der Waals surface area contributed by atoms with Gasteiger partial charge in [-0.05, 0) is 12.0 Å². The summed E-state index contributed by atoms with van der Waals surface area (Å²) in [7, 11) is 0. The molecule has 1 aliphatic rings. The summed E-state index contributed by atoms with van der Waals surface area (Å²) < 4.78 is 5.68. The highest BCUT2D eigenvalue weighted by molar-refractivity contribution is 7.99. The number of hydrogen-bond acceptors (Lipinski definition) is 3. The maximum Gasteiger partial charge on any atom is 0.0716 e. The van der Waals surface area contributed by atoms with Crippen molar-refractivity contribution in [3.8, 4) is 0 Å². The Morgan fingerprint density at radius 3 is 2.65 bits per heavy atom. The third-order valence-corrected chi connectivity index (χ3v) is 3.92. The van der Waals surface area contributed by atoms with Gasteiger partial charge in [0.1, 0.15) is 0 Å². The average molecular weight is 251 g/mol. The zero-order valence-electron chi connectivity index (χ0n) is 10.3. The van der Waals surface area contributed by atoms with Crippen molar-refractivity contribution in [2.24, 2.45) is 0 Å². The molecule has 0 unspecified atom stereocenters. The first-order valence-corrected chi connectivity index (χ1v) is 7.52. The van der Waals surface area contributed by atoms with Crippen LogP contribution in [0.4, 0.5) is 0 Å². The fourth-order valence-electron chi connectivity index (χ4n) is 1.98. The molecular weight excluding hydrogens is 230 g/mol. The Hall–Kier alpha value is -0.510. The zero-order valence-corrected chi connectivity index (χ0v) is 11.1. The van der Waals surface area contributed by atoms with Gasteiger partial charge in [0.2, 0.25) is 0 Å². The second-order valence-electron chi connectivity index (χ2n) is 4.35. The molecule has 1 fully saturated rings. The Bertz CT molecular complexity index is 298. The third kappa shape index (κ3) is 5.11. The standard InChI is InChI=1S/C14H21NOS/c1-2-5-14(6-3-1)13-16-10-4-7-15-8-11-17-12-9-15/h1-3,5-6H,4,7-13H2. The van der Waals surface area contributed by atoms with Crippen molar-refractivity contribution in [2.75, 3.05) is 37.7 Å². The lowest BCUT2D eigenvalue weighted by Crippen LogP contribution is -2.33. The molecule has 17 heavy (non-hydrogen) atoms. The molecule has 1 aromatic rings. The summed E-state index contributed by atoms with van der Waals surface area (Å²) in [5.41, 5.74) is 1.27. The molecule has 0 atom stereocenters. The largest absolute Gasteiger partial charge is 0.377 e. The van der Waals surface area contributed by atoms with Gasteiger partial charge >= 0.3 is 0 Å². The van der Waals surface area contributed by atoms with Gasteiger partial charge in [0.05, 0.1) is 6.61 Å². The minimum absolute atomic E-state index is 0.747. The molecule has 0 radical (unpaired) electrons. The number of benzene rings is 1. The number of ether oxygens (including phenoxy) is 1. The average Bonchev–Trinajstić information content (AvgIpc) is 2.41. The molecule has 94 valence electrons. The topological polar surface area (TPSA) is 12.5 Å². The van der Waals surface area contributed by atoms with E-state index in [1.165, 1.54) is 36.7 Å². The smallest absolute Gasteiger partial charge is 0.0716 e. The van der Waals surface area contributed by atoms with Gasteiger partial charge in [-0.1, -0.05) is 30.3 Å². The van der Waals surface area contributed by atoms with E-state index in [-0.39, 0.29) is 0 Å². The molecule has 0 spiro atoms. The highest BCUT2D eigenvalue weighted by Gasteiger charge is 2.08. The molecule has 2 rings (SSSR count). The zero-order chi connectivity index (χ0) is 11.8. The Kier molecular flexibility index (Phi) is 5.89. The Morgan fingerprint density at radius 1 is 1.12 bits per heavy atom. The van der Waals surface area contributed by atoms with Crippen molar-refractivity contribution in [3.63, 3.8) is 0 Å². The van der Waals surface area contributed by atoms with Gasteiger partial charge in [-0.15, -0.1) is 0 Å². The van der Waals surface area contributed by atoms with Crippen LogP contribution in [0.5, 0.6) is 0 Å². The molecule has 0 aliphatic carbocycles.